The Morgan fingerprint density at radius 2 is 1.91 bits per heavy atom. The molecule has 5 nitrogen and oxygen atoms in total. The number of hydrogen-bond acceptors (Lipinski definition) is 4. The van der Waals surface area contributed by atoms with Crippen molar-refractivity contribution in [3.63, 3.8) is 0 Å². The quantitative estimate of drug-likeness (QED) is 0.350. The zero-order valence-electron chi connectivity index (χ0n) is 18.3. The van der Waals surface area contributed by atoms with Crippen LogP contribution >= 0.6 is 11.3 Å². The van der Waals surface area contributed by atoms with Gasteiger partial charge in [-0.3, -0.25) is 4.90 Å². The van der Waals surface area contributed by atoms with Gasteiger partial charge in [-0.05, 0) is 30.7 Å². The van der Waals surface area contributed by atoms with Crippen molar-refractivity contribution < 1.29 is 9.13 Å². The van der Waals surface area contributed by atoms with E-state index < -0.39 is 0 Å². The maximum atomic E-state index is 13.8. The molecule has 168 valence electrons. The van der Waals surface area contributed by atoms with Gasteiger partial charge in [0.25, 0.3) is 0 Å². The molecule has 0 spiro atoms. The van der Waals surface area contributed by atoms with Crippen molar-refractivity contribution in [2.75, 3.05) is 32.8 Å². The van der Waals surface area contributed by atoms with Gasteiger partial charge in [-0.1, -0.05) is 18.2 Å². The Balaban J connectivity index is 1.29. The van der Waals surface area contributed by atoms with E-state index in [4.69, 9.17) is 9.72 Å². The molecule has 0 bridgehead atoms. The van der Waals surface area contributed by atoms with Crippen LogP contribution in [-0.4, -0.2) is 52.3 Å². The number of aryl methyl sites for hydroxylation is 1. The molecule has 0 amide bonds. The van der Waals surface area contributed by atoms with Gasteiger partial charge < -0.3 is 14.3 Å². The normalized spacial score (nSPS) is 15.1. The van der Waals surface area contributed by atoms with E-state index >= 15 is 0 Å². The largest absolute Gasteiger partial charge is 0.379 e. The average molecular weight is 461 g/mol. The Morgan fingerprint density at radius 1 is 1.03 bits per heavy atom. The number of morpholine rings is 1. The molecule has 2 aromatic carbocycles. The molecule has 0 saturated carbocycles. The lowest BCUT2D eigenvalue weighted by Gasteiger charge is -2.26. The molecular formula is C26H25FN4OS. The van der Waals surface area contributed by atoms with Gasteiger partial charge in [-0.15, -0.1) is 11.3 Å². The number of aromatic amines is 1. The Bertz CT molecular complexity index is 1410. The fraction of sp³-hybridized carbons (Fsp3) is 0.269. The molecule has 7 heteroatoms. The van der Waals surface area contributed by atoms with Gasteiger partial charge in [0, 0.05) is 76.9 Å². The lowest BCUT2D eigenvalue weighted by atomic mass is 10.1. The Kier molecular flexibility index (Phi) is 5.46. The Labute approximate surface area is 195 Å². The Hall–Kier alpha value is -3.00. The van der Waals surface area contributed by atoms with E-state index in [9.17, 15) is 4.39 Å². The predicted molar refractivity (Wildman–Crippen MR) is 132 cm³/mol. The number of rotatable bonds is 6. The first-order chi connectivity index (χ1) is 16.3. The molecule has 3 aromatic heterocycles. The van der Waals surface area contributed by atoms with Crippen LogP contribution in [-0.2, 0) is 11.3 Å². The van der Waals surface area contributed by atoms with Crippen molar-refractivity contribution in [2.45, 2.75) is 13.0 Å². The first-order valence-electron chi connectivity index (χ1n) is 11.4. The van der Waals surface area contributed by atoms with E-state index in [1.807, 2.05) is 6.20 Å². The second-order valence-corrected chi connectivity index (χ2v) is 9.35. The van der Waals surface area contributed by atoms with E-state index in [0.717, 1.165) is 78.5 Å². The lowest BCUT2D eigenvalue weighted by molar-refractivity contribution is 0.0370. The number of H-pyrrole nitrogens is 1. The van der Waals surface area contributed by atoms with Crippen LogP contribution in [0.1, 0.15) is 6.42 Å². The van der Waals surface area contributed by atoms with E-state index in [1.54, 1.807) is 23.5 Å². The van der Waals surface area contributed by atoms with Gasteiger partial charge >= 0.3 is 0 Å². The summed E-state index contributed by atoms with van der Waals surface area (Å²) < 4.78 is 21.6. The van der Waals surface area contributed by atoms with E-state index in [0.29, 0.717) is 0 Å². The number of nitrogens with one attached hydrogen (secondary N) is 1. The summed E-state index contributed by atoms with van der Waals surface area (Å²) in [6.07, 6.45) is 5.25. The summed E-state index contributed by atoms with van der Waals surface area (Å²) in [5.41, 5.74) is 5.20. The van der Waals surface area contributed by atoms with Crippen LogP contribution in [0.25, 0.3) is 43.6 Å². The van der Waals surface area contributed by atoms with Crippen LogP contribution < -0.4 is 0 Å². The van der Waals surface area contributed by atoms with Gasteiger partial charge in [0.2, 0.25) is 0 Å². The summed E-state index contributed by atoms with van der Waals surface area (Å²) in [4.78, 5) is 10.7. The molecule has 1 N–H and O–H groups in total. The number of hydrogen-bond donors (Lipinski definition) is 1. The monoisotopic (exact) mass is 460 g/mol. The number of halogens is 1. The molecule has 0 aliphatic carbocycles. The highest BCUT2D eigenvalue weighted by Crippen LogP contribution is 2.36. The molecule has 5 aromatic rings. The molecule has 0 atom stereocenters. The number of ether oxygens (including phenoxy) is 1. The number of nitrogens with zero attached hydrogens (tertiary/aromatic N) is 3. The minimum Gasteiger partial charge on any atom is -0.379 e. The molecule has 1 saturated heterocycles. The summed E-state index contributed by atoms with van der Waals surface area (Å²) in [7, 11) is 0. The van der Waals surface area contributed by atoms with Crippen LogP contribution in [0.5, 0.6) is 0 Å². The number of fused-ring (bicyclic) bond motifs is 2. The smallest absolute Gasteiger partial charge is 0.126 e. The maximum absolute atomic E-state index is 13.8. The van der Waals surface area contributed by atoms with Crippen molar-refractivity contribution in [1.82, 2.24) is 19.4 Å². The highest BCUT2D eigenvalue weighted by molar-refractivity contribution is 7.13. The summed E-state index contributed by atoms with van der Waals surface area (Å²) in [6.45, 7) is 5.78. The maximum Gasteiger partial charge on any atom is 0.126 e. The zero-order valence-corrected chi connectivity index (χ0v) is 19.1. The number of aromatic nitrogens is 3. The highest BCUT2D eigenvalue weighted by atomic mass is 32.1. The predicted octanol–water partition coefficient (Wildman–Crippen LogP) is 5.77. The summed E-state index contributed by atoms with van der Waals surface area (Å²) >= 11 is 1.60. The molecule has 1 aliphatic rings. The minimum absolute atomic E-state index is 0.236. The van der Waals surface area contributed by atoms with Crippen molar-refractivity contribution in [2.24, 2.45) is 0 Å². The van der Waals surface area contributed by atoms with E-state index in [-0.39, 0.29) is 5.82 Å². The van der Waals surface area contributed by atoms with Crippen LogP contribution in [0.2, 0.25) is 0 Å². The highest BCUT2D eigenvalue weighted by Gasteiger charge is 2.16. The van der Waals surface area contributed by atoms with Crippen LogP contribution in [0, 0.1) is 5.82 Å². The second-order valence-electron chi connectivity index (χ2n) is 8.49. The standard InChI is InChI=1S/C26H25FN4OS/c27-18-6-7-23-20(14-18)21(15-28-23)26-29-24(17-33-26)22-16-31(25-5-2-1-4-19(22)25)9-3-8-30-10-12-32-13-11-30/h1-2,4-7,14-17,28H,3,8-13H2. The fourth-order valence-electron chi connectivity index (χ4n) is 4.72. The SMILES string of the molecule is Fc1ccc2[nH]cc(-c3nc(-c4cn(CCCN5CCOCC5)c5ccccc45)cs3)c2c1. The van der Waals surface area contributed by atoms with Gasteiger partial charge in [0.05, 0.1) is 18.9 Å². The van der Waals surface area contributed by atoms with E-state index in [1.165, 1.54) is 17.0 Å². The van der Waals surface area contributed by atoms with Crippen LogP contribution in [0.4, 0.5) is 4.39 Å². The van der Waals surface area contributed by atoms with Gasteiger partial charge in [0.1, 0.15) is 10.8 Å². The number of thiazole rings is 1. The first-order valence-corrected chi connectivity index (χ1v) is 12.2. The summed E-state index contributed by atoms with van der Waals surface area (Å²) in [5, 5.41) is 5.07. The third-order valence-electron chi connectivity index (χ3n) is 6.42. The fourth-order valence-corrected chi connectivity index (χ4v) is 5.57. The van der Waals surface area contributed by atoms with Crippen molar-refractivity contribution in [3.8, 4) is 21.8 Å². The minimum atomic E-state index is -0.236. The second kappa shape index (κ2) is 8.74. The topological polar surface area (TPSA) is 46.1 Å². The molecule has 4 heterocycles. The van der Waals surface area contributed by atoms with Crippen molar-refractivity contribution in [1.29, 1.82) is 0 Å². The molecule has 0 radical (unpaired) electrons. The number of para-hydroxylation sites is 1. The summed E-state index contributed by atoms with van der Waals surface area (Å²) in [6, 6.07) is 13.4. The molecule has 0 unspecified atom stereocenters. The van der Waals surface area contributed by atoms with E-state index in [2.05, 4.69) is 50.3 Å². The third-order valence-corrected chi connectivity index (χ3v) is 7.30. The van der Waals surface area contributed by atoms with Crippen molar-refractivity contribution >= 4 is 33.1 Å². The van der Waals surface area contributed by atoms with Crippen LogP contribution in [0.3, 0.4) is 0 Å². The lowest BCUT2D eigenvalue weighted by Crippen LogP contribution is -2.37. The third kappa shape index (κ3) is 3.97. The zero-order chi connectivity index (χ0) is 22.2. The van der Waals surface area contributed by atoms with Crippen molar-refractivity contribution in [3.05, 3.63) is 66.1 Å². The molecule has 33 heavy (non-hydrogen) atoms. The molecule has 1 fully saturated rings. The summed E-state index contributed by atoms with van der Waals surface area (Å²) in [5.74, 6) is -0.236. The number of benzene rings is 2. The first kappa shape index (κ1) is 20.6. The van der Waals surface area contributed by atoms with Gasteiger partial charge in [0.15, 0.2) is 0 Å². The molecule has 1 aliphatic heterocycles. The van der Waals surface area contributed by atoms with Crippen LogP contribution in [0.15, 0.2) is 60.2 Å². The average Bonchev–Trinajstić information content (AvgIpc) is 3.57. The Morgan fingerprint density at radius 3 is 2.82 bits per heavy atom. The van der Waals surface area contributed by atoms with Gasteiger partial charge in [-0.25, -0.2) is 9.37 Å². The molecule has 6 rings (SSSR count). The van der Waals surface area contributed by atoms with Gasteiger partial charge in [-0.2, -0.15) is 0 Å². The molecular weight excluding hydrogens is 435 g/mol.